The SMILES string of the molecule is NCc1nnc(SCC(=O)N2CCC2)n1C1CC1. The zero-order valence-corrected chi connectivity index (χ0v) is 11.0. The molecule has 1 aliphatic carbocycles. The first-order chi connectivity index (χ1) is 8.79. The van der Waals surface area contributed by atoms with Crippen LogP contribution in [0, 0.1) is 0 Å². The number of hydrogen-bond donors (Lipinski definition) is 1. The van der Waals surface area contributed by atoms with Crippen LogP contribution in [0.25, 0.3) is 0 Å². The third-order valence-electron chi connectivity index (χ3n) is 3.36. The third kappa shape index (κ3) is 2.24. The summed E-state index contributed by atoms with van der Waals surface area (Å²) in [7, 11) is 0. The highest BCUT2D eigenvalue weighted by Gasteiger charge is 2.29. The van der Waals surface area contributed by atoms with Gasteiger partial charge in [0.2, 0.25) is 5.91 Å². The molecule has 0 aromatic carbocycles. The number of amides is 1. The monoisotopic (exact) mass is 267 g/mol. The van der Waals surface area contributed by atoms with Crippen molar-refractivity contribution in [3.63, 3.8) is 0 Å². The lowest BCUT2D eigenvalue weighted by atomic mass is 10.2. The Bertz CT molecular complexity index is 452. The van der Waals surface area contributed by atoms with Gasteiger partial charge < -0.3 is 15.2 Å². The maximum Gasteiger partial charge on any atom is 0.233 e. The van der Waals surface area contributed by atoms with Gasteiger partial charge in [0.15, 0.2) is 5.16 Å². The molecule has 1 aromatic rings. The lowest BCUT2D eigenvalue weighted by Crippen LogP contribution is -2.43. The van der Waals surface area contributed by atoms with Gasteiger partial charge in [0.1, 0.15) is 5.82 Å². The van der Waals surface area contributed by atoms with Gasteiger partial charge in [0, 0.05) is 19.1 Å². The molecule has 18 heavy (non-hydrogen) atoms. The van der Waals surface area contributed by atoms with Crippen LogP contribution in [0.1, 0.15) is 31.1 Å². The summed E-state index contributed by atoms with van der Waals surface area (Å²) >= 11 is 1.48. The topological polar surface area (TPSA) is 77.0 Å². The van der Waals surface area contributed by atoms with E-state index < -0.39 is 0 Å². The minimum absolute atomic E-state index is 0.200. The Balaban J connectivity index is 1.64. The summed E-state index contributed by atoms with van der Waals surface area (Å²) in [5.74, 6) is 1.48. The molecule has 3 rings (SSSR count). The van der Waals surface area contributed by atoms with Gasteiger partial charge in [0.05, 0.1) is 12.3 Å². The lowest BCUT2D eigenvalue weighted by Gasteiger charge is -2.30. The highest BCUT2D eigenvalue weighted by atomic mass is 32.2. The minimum atomic E-state index is 0.200. The molecular weight excluding hydrogens is 250 g/mol. The number of thioether (sulfide) groups is 1. The van der Waals surface area contributed by atoms with Gasteiger partial charge in [-0.3, -0.25) is 4.79 Å². The van der Waals surface area contributed by atoms with Crippen LogP contribution in [-0.2, 0) is 11.3 Å². The summed E-state index contributed by atoms with van der Waals surface area (Å²) in [6.07, 6.45) is 3.46. The molecule has 0 spiro atoms. The fourth-order valence-electron chi connectivity index (χ4n) is 2.03. The van der Waals surface area contributed by atoms with Crippen molar-refractivity contribution in [2.75, 3.05) is 18.8 Å². The molecule has 0 unspecified atom stereocenters. The average molecular weight is 267 g/mol. The molecule has 1 aliphatic heterocycles. The fraction of sp³-hybridized carbons (Fsp3) is 0.727. The number of nitrogens with zero attached hydrogens (tertiary/aromatic N) is 4. The lowest BCUT2D eigenvalue weighted by molar-refractivity contribution is -0.131. The smallest absolute Gasteiger partial charge is 0.233 e. The molecule has 2 aliphatic rings. The predicted molar refractivity (Wildman–Crippen MR) is 68.1 cm³/mol. The second-order valence-electron chi connectivity index (χ2n) is 4.73. The molecule has 0 radical (unpaired) electrons. The Morgan fingerprint density at radius 1 is 1.39 bits per heavy atom. The normalized spacial score (nSPS) is 18.8. The molecule has 1 saturated heterocycles. The van der Waals surface area contributed by atoms with Crippen molar-refractivity contribution >= 4 is 17.7 Å². The summed E-state index contributed by atoms with van der Waals surface area (Å²) in [5.41, 5.74) is 5.66. The van der Waals surface area contributed by atoms with Gasteiger partial charge in [-0.25, -0.2) is 0 Å². The largest absolute Gasteiger partial charge is 0.342 e. The molecule has 0 atom stereocenters. The number of aromatic nitrogens is 3. The van der Waals surface area contributed by atoms with Gasteiger partial charge >= 0.3 is 0 Å². The van der Waals surface area contributed by atoms with Crippen molar-refractivity contribution in [2.24, 2.45) is 5.73 Å². The third-order valence-corrected chi connectivity index (χ3v) is 4.29. The Kier molecular flexibility index (Phi) is 3.25. The van der Waals surface area contributed by atoms with E-state index in [1.54, 1.807) is 0 Å². The summed E-state index contributed by atoms with van der Waals surface area (Å²) in [6.45, 7) is 2.22. The summed E-state index contributed by atoms with van der Waals surface area (Å²) in [4.78, 5) is 13.7. The van der Waals surface area contributed by atoms with Crippen LogP contribution < -0.4 is 5.73 Å². The van der Waals surface area contributed by atoms with Crippen LogP contribution >= 0.6 is 11.8 Å². The Labute approximate surface area is 110 Å². The maximum atomic E-state index is 11.8. The molecular formula is C11H17N5OS. The number of carbonyl (C=O) groups excluding carboxylic acids is 1. The van der Waals surface area contributed by atoms with Crippen LogP contribution in [0.3, 0.4) is 0 Å². The molecule has 7 heteroatoms. The molecule has 2 fully saturated rings. The second-order valence-corrected chi connectivity index (χ2v) is 5.67. The van der Waals surface area contributed by atoms with Gasteiger partial charge in [0.25, 0.3) is 0 Å². The number of hydrogen-bond acceptors (Lipinski definition) is 5. The Morgan fingerprint density at radius 2 is 2.17 bits per heavy atom. The highest BCUT2D eigenvalue weighted by molar-refractivity contribution is 7.99. The van der Waals surface area contributed by atoms with Crippen molar-refractivity contribution in [1.29, 1.82) is 0 Å². The number of likely N-dealkylation sites (tertiary alicyclic amines) is 1. The van der Waals surface area contributed by atoms with Gasteiger partial charge in [-0.1, -0.05) is 11.8 Å². The fourth-order valence-corrected chi connectivity index (χ4v) is 2.95. The Hall–Kier alpha value is -1.08. The standard InChI is InChI=1S/C11H17N5OS/c12-6-9-13-14-11(16(9)8-2-3-8)18-7-10(17)15-4-1-5-15/h8H,1-7,12H2. The number of rotatable bonds is 5. The first kappa shape index (κ1) is 12.0. The average Bonchev–Trinajstić information content (AvgIpc) is 3.05. The molecule has 2 N–H and O–H groups in total. The molecule has 1 saturated carbocycles. The van der Waals surface area contributed by atoms with Crippen LogP contribution in [0.2, 0.25) is 0 Å². The van der Waals surface area contributed by atoms with Crippen LogP contribution in [0.5, 0.6) is 0 Å². The molecule has 6 nitrogen and oxygen atoms in total. The van der Waals surface area contributed by atoms with Gasteiger partial charge in [-0.05, 0) is 19.3 Å². The van der Waals surface area contributed by atoms with Gasteiger partial charge in [-0.15, -0.1) is 10.2 Å². The first-order valence-electron chi connectivity index (χ1n) is 6.34. The molecule has 98 valence electrons. The van der Waals surface area contributed by atoms with Crippen LogP contribution in [0.15, 0.2) is 5.16 Å². The first-order valence-corrected chi connectivity index (χ1v) is 7.32. The minimum Gasteiger partial charge on any atom is -0.342 e. The summed E-state index contributed by atoms with van der Waals surface area (Å²) in [6, 6.07) is 0.500. The van der Waals surface area contributed by atoms with E-state index in [4.69, 9.17) is 5.73 Å². The quantitative estimate of drug-likeness (QED) is 0.781. The Morgan fingerprint density at radius 3 is 2.72 bits per heavy atom. The zero-order valence-electron chi connectivity index (χ0n) is 10.2. The van der Waals surface area contributed by atoms with Crippen molar-refractivity contribution < 1.29 is 4.79 Å². The van der Waals surface area contributed by atoms with Crippen molar-refractivity contribution in [3.8, 4) is 0 Å². The molecule has 0 bridgehead atoms. The van der Waals surface area contributed by atoms with E-state index in [1.807, 2.05) is 4.90 Å². The molecule has 1 aromatic heterocycles. The molecule has 2 heterocycles. The van der Waals surface area contributed by atoms with E-state index in [-0.39, 0.29) is 5.91 Å². The van der Waals surface area contributed by atoms with E-state index in [1.165, 1.54) is 24.6 Å². The second kappa shape index (κ2) is 4.89. The number of carbonyl (C=O) groups is 1. The maximum absolute atomic E-state index is 11.8. The number of nitrogens with two attached hydrogens (primary N) is 1. The van der Waals surface area contributed by atoms with E-state index in [0.717, 1.165) is 30.5 Å². The van der Waals surface area contributed by atoms with Crippen LogP contribution in [0.4, 0.5) is 0 Å². The summed E-state index contributed by atoms with van der Waals surface area (Å²) in [5, 5.41) is 9.08. The van der Waals surface area contributed by atoms with E-state index in [9.17, 15) is 4.79 Å². The van der Waals surface area contributed by atoms with Gasteiger partial charge in [-0.2, -0.15) is 0 Å². The van der Waals surface area contributed by atoms with Crippen molar-refractivity contribution in [2.45, 2.75) is 37.0 Å². The zero-order chi connectivity index (χ0) is 12.5. The van der Waals surface area contributed by atoms with E-state index in [0.29, 0.717) is 18.3 Å². The van der Waals surface area contributed by atoms with E-state index in [2.05, 4.69) is 14.8 Å². The summed E-state index contributed by atoms with van der Waals surface area (Å²) < 4.78 is 2.11. The van der Waals surface area contributed by atoms with Crippen molar-refractivity contribution in [3.05, 3.63) is 5.82 Å². The van der Waals surface area contributed by atoms with E-state index >= 15 is 0 Å². The highest BCUT2D eigenvalue weighted by Crippen LogP contribution is 2.38. The molecule has 1 amide bonds. The predicted octanol–water partition coefficient (Wildman–Crippen LogP) is 0.396. The van der Waals surface area contributed by atoms with Crippen molar-refractivity contribution in [1.82, 2.24) is 19.7 Å². The van der Waals surface area contributed by atoms with Crippen LogP contribution in [-0.4, -0.2) is 44.4 Å².